The molecular formula is C24H30F6N4O4. The predicted molar refractivity (Wildman–Crippen MR) is 125 cm³/mol. The van der Waals surface area contributed by atoms with Gasteiger partial charge in [-0.1, -0.05) is 13.8 Å². The van der Waals surface area contributed by atoms with E-state index in [0.717, 1.165) is 6.07 Å². The van der Waals surface area contributed by atoms with Crippen molar-refractivity contribution >= 4 is 12.2 Å². The maximum atomic E-state index is 13.5. The molecule has 14 heteroatoms. The quantitative estimate of drug-likeness (QED) is 0.370. The first kappa shape index (κ1) is 32.6. The molecule has 2 amide bonds. The van der Waals surface area contributed by atoms with Crippen LogP contribution >= 0.6 is 0 Å². The molecule has 0 bridgehead atoms. The van der Waals surface area contributed by atoms with Crippen LogP contribution in [0.25, 0.3) is 11.3 Å². The van der Waals surface area contributed by atoms with E-state index < -0.39 is 59.5 Å². The van der Waals surface area contributed by atoms with Gasteiger partial charge in [0, 0.05) is 18.0 Å². The number of rotatable bonds is 3. The molecule has 0 aliphatic carbocycles. The molecule has 2 heterocycles. The van der Waals surface area contributed by atoms with Gasteiger partial charge >= 0.3 is 24.5 Å². The van der Waals surface area contributed by atoms with Crippen LogP contribution in [-0.4, -0.2) is 43.2 Å². The Hall–Kier alpha value is -3.45. The van der Waals surface area contributed by atoms with Crippen molar-refractivity contribution in [2.75, 3.05) is 0 Å². The summed E-state index contributed by atoms with van der Waals surface area (Å²) in [6.07, 6.45) is -10.8. The number of nitrogens with zero attached hydrogens (tertiary/aromatic N) is 4. The van der Waals surface area contributed by atoms with Crippen molar-refractivity contribution in [1.82, 2.24) is 19.9 Å². The second kappa shape index (κ2) is 11.9. The summed E-state index contributed by atoms with van der Waals surface area (Å²) in [5.74, 6) is -1.49. The van der Waals surface area contributed by atoms with Crippen molar-refractivity contribution < 1.29 is 45.4 Å². The zero-order valence-electron chi connectivity index (χ0n) is 22.2. The van der Waals surface area contributed by atoms with Gasteiger partial charge in [0.05, 0.1) is 12.2 Å². The smallest absolute Gasteiger partial charge is 0.443 e. The molecule has 0 unspecified atom stereocenters. The van der Waals surface area contributed by atoms with Crippen LogP contribution in [0.15, 0.2) is 24.5 Å². The maximum absolute atomic E-state index is 13.5. The normalized spacial score (nSPS) is 12.3. The highest BCUT2D eigenvalue weighted by atomic mass is 19.4. The molecule has 0 saturated carbocycles. The average molecular weight is 553 g/mol. The van der Waals surface area contributed by atoms with Crippen molar-refractivity contribution in [2.45, 2.75) is 85.5 Å². The summed E-state index contributed by atoms with van der Waals surface area (Å²) in [5.41, 5.74) is -4.42. The number of ether oxygens (including phenoxy) is 2. The number of carbonyl (C=O) groups excluding carboxylic acids is 2. The lowest BCUT2D eigenvalue weighted by Crippen LogP contribution is -2.43. The Bertz CT molecular complexity index is 1080. The molecular weight excluding hydrogens is 522 g/mol. The highest BCUT2D eigenvalue weighted by molar-refractivity contribution is 5.88. The SMILES string of the molecule is CC.CC(C)(C)OC(=O)N(Cc1cc(-c2cnc(C(F)(F)F)nc2)nc(C(F)(F)F)c1)C(=O)OC(C)(C)C. The van der Waals surface area contributed by atoms with Gasteiger partial charge in [-0.15, -0.1) is 0 Å². The lowest BCUT2D eigenvalue weighted by atomic mass is 10.1. The van der Waals surface area contributed by atoms with Crippen molar-refractivity contribution in [3.05, 3.63) is 41.6 Å². The Kier molecular flexibility index (Phi) is 10.2. The van der Waals surface area contributed by atoms with Gasteiger partial charge in [-0.2, -0.15) is 26.3 Å². The fourth-order valence-corrected chi connectivity index (χ4v) is 2.60. The summed E-state index contributed by atoms with van der Waals surface area (Å²) < 4.78 is 89.3. The first-order chi connectivity index (χ1) is 17.2. The van der Waals surface area contributed by atoms with Crippen LogP contribution in [0.5, 0.6) is 0 Å². The molecule has 0 aliphatic rings. The molecule has 0 fully saturated rings. The summed E-state index contributed by atoms with van der Waals surface area (Å²) in [6.45, 7) is 12.4. The van der Waals surface area contributed by atoms with Crippen LogP contribution in [0.3, 0.4) is 0 Å². The highest BCUT2D eigenvalue weighted by Gasteiger charge is 2.36. The minimum absolute atomic E-state index is 0.232. The van der Waals surface area contributed by atoms with E-state index in [0.29, 0.717) is 23.4 Å². The fraction of sp³-hybridized carbons (Fsp3) is 0.542. The Morgan fingerprint density at radius 2 is 1.24 bits per heavy atom. The summed E-state index contributed by atoms with van der Waals surface area (Å²) >= 11 is 0. The van der Waals surface area contributed by atoms with E-state index in [4.69, 9.17) is 9.47 Å². The molecule has 0 aromatic carbocycles. The Balaban J connectivity index is 0.00000352. The monoisotopic (exact) mass is 552 g/mol. The predicted octanol–water partition coefficient (Wildman–Crippen LogP) is 7.27. The van der Waals surface area contributed by atoms with Gasteiger partial charge in [-0.05, 0) is 59.2 Å². The highest BCUT2D eigenvalue weighted by Crippen LogP contribution is 2.32. The largest absolute Gasteiger partial charge is 0.451 e. The number of carbonyl (C=O) groups is 2. The number of aromatic nitrogens is 3. The molecule has 0 radical (unpaired) electrons. The standard InChI is InChI=1S/C22H24F6N4O4.C2H6/c1-19(2,3)35-17(33)32(18(34)36-20(4,5)6)11-12-7-14(31-15(8-12)21(23,24)25)13-9-29-16(30-10-13)22(26,27)28;1-2/h7-10H,11H2,1-6H3;1-2H3. The van der Waals surface area contributed by atoms with Crippen molar-refractivity contribution in [2.24, 2.45) is 0 Å². The second-order valence-electron chi connectivity index (χ2n) is 9.58. The van der Waals surface area contributed by atoms with E-state index in [1.165, 1.54) is 41.5 Å². The van der Waals surface area contributed by atoms with Crippen molar-refractivity contribution in [1.29, 1.82) is 0 Å². The number of amides is 2. The first-order valence-corrected chi connectivity index (χ1v) is 11.4. The summed E-state index contributed by atoms with van der Waals surface area (Å²) in [7, 11) is 0. The summed E-state index contributed by atoms with van der Waals surface area (Å²) in [4.78, 5) is 35.6. The molecule has 2 aromatic rings. The summed E-state index contributed by atoms with van der Waals surface area (Å²) in [6, 6.07) is 1.65. The number of alkyl halides is 6. The van der Waals surface area contributed by atoms with Crippen molar-refractivity contribution in [3.63, 3.8) is 0 Å². The Labute approximate surface area is 216 Å². The van der Waals surface area contributed by atoms with Crippen LogP contribution in [0.1, 0.15) is 72.5 Å². The van der Waals surface area contributed by atoms with E-state index in [1.807, 2.05) is 13.8 Å². The van der Waals surface area contributed by atoms with Crippen LogP contribution in [0.4, 0.5) is 35.9 Å². The second-order valence-corrected chi connectivity index (χ2v) is 9.58. The lowest BCUT2D eigenvalue weighted by molar-refractivity contribution is -0.145. The minimum Gasteiger partial charge on any atom is -0.443 e. The van der Waals surface area contributed by atoms with E-state index in [9.17, 15) is 35.9 Å². The lowest BCUT2D eigenvalue weighted by Gasteiger charge is -2.28. The van der Waals surface area contributed by atoms with Gasteiger partial charge in [-0.3, -0.25) is 0 Å². The van der Waals surface area contributed by atoms with Gasteiger partial charge in [-0.25, -0.2) is 29.4 Å². The Morgan fingerprint density at radius 3 is 1.61 bits per heavy atom. The summed E-state index contributed by atoms with van der Waals surface area (Å²) in [5, 5.41) is 0. The maximum Gasteiger partial charge on any atom is 0.451 e. The number of imide groups is 1. The third-order valence-electron chi connectivity index (χ3n) is 3.95. The Morgan fingerprint density at radius 1 is 0.789 bits per heavy atom. The number of hydrogen-bond donors (Lipinski definition) is 0. The number of halogens is 6. The van der Waals surface area contributed by atoms with Crippen LogP contribution in [0.2, 0.25) is 0 Å². The van der Waals surface area contributed by atoms with E-state index in [1.54, 1.807) is 0 Å². The molecule has 2 aromatic heterocycles. The first-order valence-electron chi connectivity index (χ1n) is 11.4. The fourth-order valence-electron chi connectivity index (χ4n) is 2.60. The third-order valence-corrected chi connectivity index (χ3v) is 3.95. The average Bonchev–Trinajstić information content (AvgIpc) is 2.75. The molecule has 2 rings (SSSR count). The van der Waals surface area contributed by atoms with Crippen molar-refractivity contribution in [3.8, 4) is 11.3 Å². The third kappa shape index (κ3) is 10.1. The minimum atomic E-state index is -4.96. The molecule has 0 saturated heterocycles. The van der Waals surface area contributed by atoms with E-state index in [2.05, 4.69) is 15.0 Å². The van der Waals surface area contributed by atoms with E-state index in [-0.39, 0.29) is 11.1 Å². The molecule has 0 spiro atoms. The molecule has 0 aliphatic heterocycles. The van der Waals surface area contributed by atoms with Gasteiger partial charge in [0.2, 0.25) is 5.82 Å². The molecule has 212 valence electrons. The topological polar surface area (TPSA) is 94.5 Å². The van der Waals surface area contributed by atoms with Gasteiger partial charge < -0.3 is 9.47 Å². The number of pyridine rings is 1. The molecule has 0 N–H and O–H groups in total. The zero-order chi connectivity index (χ0) is 29.7. The van der Waals surface area contributed by atoms with Gasteiger partial charge in [0.15, 0.2) is 0 Å². The molecule has 38 heavy (non-hydrogen) atoms. The van der Waals surface area contributed by atoms with Crippen LogP contribution in [-0.2, 0) is 28.4 Å². The molecule has 0 atom stereocenters. The van der Waals surface area contributed by atoms with Gasteiger partial charge in [0.25, 0.3) is 0 Å². The molecule has 8 nitrogen and oxygen atoms in total. The van der Waals surface area contributed by atoms with Gasteiger partial charge in [0.1, 0.15) is 16.9 Å². The zero-order valence-corrected chi connectivity index (χ0v) is 22.2. The van der Waals surface area contributed by atoms with Crippen LogP contribution < -0.4 is 0 Å². The van der Waals surface area contributed by atoms with Crippen LogP contribution in [0, 0.1) is 0 Å². The number of hydrogen-bond acceptors (Lipinski definition) is 7. The van der Waals surface area contributed by atoms with E-state index >= 15 is 0 Å².